The third-order valence-corrected chi connectivity index (χ3v) is 4.13. The van der Waals surface area contributed by atoms with Gasteiger partial charge in [-0.2, -0.15) is 0 Å². The zero-order valence-corrected chi connectivity index (χ0v) is 11.9. The van der Waals surface area contributed by atoms with Gasteiger partial charge in [-0.25, -0.2) is 13.3 Å². The van der Waals surface area contributed by atoms with E-state index in [0.717, 1.165) is 13.0 Å². The standard InChI is InChI=1S/C11H16N2OS.C2H6/c1-9-3-4-10-5-6-13(15(2,12)14)8-11(10)7-9;1-2/h3-4,7,12H,5-6,8H2,1-2H3;1-2H3. The summed E-state index contributed by atoms with van der Waals surface area (Å²) in [5.41, 5.74) is 3.78. The molecule has 1 atom stereocenters. The highest BCUT2D eigenvalue weighted by molar-refractivity contribution is 7.89. The first kappa shape index (κ1) is 14.2. The van der Waals surface area contributed by atoms with Gasteiger partial charge in [-0.05, 0) is 24.5 Å². The second kappa shape index (κ2) is 5.65. The molecule has 0 aromatic heterocycles. The lowest BCUT2D eigenvalue weighted by Crippen LogP contribution is -2.34. The molecule has 1 aliphatic rings. The minimum Gasteiger partial charge on any atom is -0.240 e. The van der Waals surface area contributed by atoms with Crippen molar-refractivity contribution in [1.29, 1.82) is 4.78 Å². The maximum absolute atomic E-state index is 11.6. The van der Waals surface area contributed by atoms with Gasteiger partial charge >= 0.3 is 0 Å². The summed E-state index contributed by atoms with van der Waals surface area (Å²) in [6, 6.07) is 6.38. The monoisotopic (exact) mass is 254 g/mol. The second-order valence-corrected chi connectivity index (χ2v) is 6.31. The number of nitrogens with one attached hydrogen (secondary N) is 1. The minimum absolute atomic E-state index is 0.649. The lowest BCUT2D eigenvalue weighted by molar-refractivity contribution is 0.416. The van der Waals surface area contributed by atoms with Crippen LogP contribution in [0.1, 0.15) is 30.5 Å². The maximum Gasteiger partial charge on any atom is 0.105 e. The highest BCUT2D eigenvalue weighted by Gasteiger charge is 2.20. The highest BCUT2D eigenvalue weighted by Crippen LogP contribution is 2.21. The predicted octanol–water partition coefficient (Wildman–Crippen LogP) is 2.97. The summed E-state index contributed by atoms with van der Waals surface area (Å²) in [4.78, 5) is 0. The molecule has 0 aliphatic carbocycles. The van der Waals surface area contributed by atoms with E-state index in [1.807, 2.05) is 13.8 Å². The first-order chi connectivity index (χ1) is 7.97. The molecule has 1 unspecified atom stereocenters. The van der Waals surface area contributed by atoms with Crippen LogP contribution in [0.4, 0.5) is 0 Å². The molecule has 1 aromatic carbocycles. The van der Waals surface area contributed by atoms with Crippen LogP contribution >= 0.6 is 0 Å². The van der Waals surface area contributed by atoms with E-state index in [1.54, 1.807) is 4.31 Å². The van der Waals surface area contributed by atoms with Crippen molar-refractivity contribution in [3.8, 4) is 0 Å². The van der Waals surface area contributed by atoms with Crippen LogP contribution in [0.2, 0.25) is 0 Å². The van der Waals surface area contributed by atoms with Gasteiger partial charge in [0.05, 0.1) is 0 Å². The summed E-state index contributed by atoms with van der Waals surface area (Å²) < 4.78 is 21.0. The third-order valence-electron chi connectivity index (χ3n) is 2.83. The number of rotatable bonds is 1. The summed E-state index contributed by atoms with van der Waals surface area (Å²) in [7, 11) is -2.55. The van der Waals surface area contributed by atoms with Crippen molar-refractivity contribution < 1.29 is 4.21 Å². The normalized spacial score (nSPS) is 18.6. The largest absolute Gasteiger partial charge is 0.240 e. The molecule has 0 spiro atoms. The smallest absolute Gasteiger partial charge is 0.105 e. The third kappa shape index (κ3) is 3.54. The quantitative estimate of drug-likeness (QED) is 0.822. The fourth-order valence-corrected chi connectivity index (χ4v) is 2.78. The molecule has 0 saturated carbocycles. The lowest BCUT2D eigenvalue weighted by atomic mass is 9.99. The zero-order valence-electron chi connectivity index (χ0n) is 11.1. The summed E-state index contributed by atoms with van der Waals surface area (Å²) >= 11 is 0. The summed E-state index contributed by atoms with van der Waals surface area (Å²) in [6.45, 7) is 7.44. The van der Waals surface area contributed by atoms with Gasteiger partial charge in [0.25, 0.3) is 0 Å². The molecule has 2 rings (SSSR count). The van der Waals surface area contributed by atoms with E-state index in [2.05, 4.69) is 25.1 Å². The molecule has 0 fully saturated rings. The van der Waals surface area contributed by atoms with Gasteiger partial charge in [-0.1, -0.05) is 37.6 Å². The average Bonchev–Trinajstić information content (AvgIpc) is 2.29. The van der Waals surface area contributed by atoms with Crippen molar-refractivity contribution in [1.82, 2.24) is 4.31 Å². The molecule has 1 heterocycles. The van der Waals surface area contributed by atoms with Crippen molar-refractivity contribution in [2.45, 2.75) is 33.7 Å². The van der Waals surface area contributed by atoms with Gasteiger partial charge in [0, 0.05) is 19.3 Å². The van der Waals surface area contributed by atoms with Gasteiger partial charge in [0.1, 0.15) is 9.92 Å². The fourth-order valence-electron chi connectivity index (χ4n) is 1.96. The van der Waals surface area contributed by atoms with E-state index < -0.39 is 9.92 Å². The molecule has 0 amide bonds. The van der Waals surface area contributed by atoms with E-state index >= 15 is 0 Å². The lowest BCUT2D eigenvalue weighted by Gasteiger charge is -2.28. The Labute approximate surface area is 105 Å². The molecule has 0 bridgehead atoms. The van der Waals surface area contributed by atoms with Crippen molar-refractivity contribution >= 4 is 9.92 Å². The maximum atomic E-state index is 11.6. The van der Waals surface area contributed by atoms with Crippen LogP contribution in [-0.4, -0.2) is 21.3 Å². The van der Waals surface area contributed by atoms with E-state index in [1.165, 1.54) is 22.9 Å². The van der Waals surface area contributed by atoms with Crippen LogP contribution < -0.4 is 0 Å². The van der Waals surface area contributed by atoms with Gasteiger partial charge in [-0.15, -0.1) is 0 Å². The van der Waals surface area contributed by atoms with Gasteiger partial charge in [-0.3, -0.25) is 0 Å². The molecule has 0 radical (unpaired) electrons. The summed E-state index contributed by atoms with van der Waals surface area (Å²) in [5, 5.41) is 0. The average molecular weight is 254 g/mol. The number of aryl methyl sites for hydroxylation is 1. The summed E-state index contributed by atoms with van der Waals surface area (Å²) in [5.74, 6) is 0. The SMILES string of the molecule is CC.Cc1ccc2c(c1)CN(S(C)(=N)=O)CC2. The second-order valence-electron chi connectivity index (χ2n) is 4.19. The van der Waals surface area contributed by atoms with Gasteiger partial charge in [0.2, 0.25) is 0 Å². The van der Waals surface area contributed by atoms with Crippen molar-refractivity contribution in [3.05, 3.63) is 34.9 Å². The first-order valence-corrected chi connectivity index (χ1v) is 7.96. The zero-order chi connectivity index (χ0) is 13.1. The molecule has 1 aromatic rings. The number of benzene rings is 1. The van der Waals surface area contributed by atoms with Crippen molar-refractivity contribution in [2.75, 3.05) is 12.8 Å². The Bertz CT molecular complexity index is 480. The molecule has 96 valence electrons. The van der Waals surface area contributed by atoms with Crippen LogP contribution in [0.5, 0.6) is 0 Å². The van der Waals surface area contributed by atoms with Gasteiger partial charge in [0.15, 0.2) is 0 Å². The minimum atomic E-state index is -2.55. The Hall–Kier alpha value is -0.870. The van der Waals surface area contributed by atoms with Crippen LogP contribution in [0.25, 0.3) is 0 Å². The molecule has 4 heteroatoms. The van der Waals surface area contributed by atoms with E-state index in [-0.39, 0.29) is 0 Å². The Kier molecular flexibility index (Phi) is 4.71. The van der Waals surface area contributed by atoms with Gasteiger partial charge < -0.3 is 0 Å². The molecular formula is C13H22N2OS. The topological polar surface area (TPSA) is 44.2 Å². The Morgan fingerprint density at radius 2 is 1.94 bits per heavy atom. The van der Waals surface area contributed by atoms with Crippen LogP contribution in [0.15, 0.2) is 18.2 Å². The Balaban J connectivity index is 0.000000686. The predicted molar refractivity (Wildman–Crippen MR) is 73.4 cm³/mol. The number of hydrogen-bond donors (Lipinski definition) is 1. The highest BCUT2D eigenvalue weighted by atomic mass is 32.2. The fraction of sp³-hybridized carbons (Fsp3) is 0.538. The van der Waals surface area contributed by atoms with E-state index in [9.17, 15) is 4.21 Å². The number of fused-ring (bicyclic) bond motifs is 1. The van der Waals surface area contributed by atoms with Crippen LogP contribution in [0.3, 0.4) is 0 Å². The molecule has 3 nitrogen and oxygen atoms in total. The number of hydrogen-bond acceptors (Lipinski definition) is 2. The van der Waals surface area contributed by atoms with Crippen LogP contribution in [0, 0.1) is 11.7 Å². The number of nitrogens with zero attached hydrogens (tertiary/aromatic N) is 1. The summed E-state index contributed by atoms with van der Waals surface area (Å²) in [6.07, 6.45) is 2.40. The molecule has 1 N–H and O–H groups in total. The van der Waals surface area contributed by atoms with Crippen molar-refractivity contribution in [2.24, 2.45) is 0 Å². The first-order valence-electron chi connectivity index (χ1n) is 6.04. The van der Waals surface area contributed by atoms with E-state index in [0.29, 0.717) is 6.54 Å². The van der Waals surface area contributed by atoms with Crippen molar-refractivity contribution in [3.63, 3.8) is 0 Å². The molecule has 17 heavy (non-hydrogen) atoms. The molecule has 1 aliphatic heterocycles. The Morgan fingerprint density at radius 3 is 2.53 bits per heavy atom. The molecular weight excluding hydrogens is 232 g/mol. The molecule has 0 saturated heterocycles. The Morgan fingerprint density at radius 1 is 1.29 bits per heavy atom. The van der Waals surface area contributed by atoms with E-state index in [4.69, 9.17) is 4.78 Å². The van der Waals surface area contributed by atoms with Crippen LogP contribution in [-0.2, 0) is 22.9 Å².